The number of halogens is 1. The summed E-state index contributed by atoms with van der Waals surface area (Å²) in [6, 6.07) is 9.54. The van der Waals surface area contributed by atoms with Gasteiger partial charge in [0.05, 0.1) is 16.8 Å². The molecular formula is C24H28ClN3O4. The van der Waals surface area contributed by atoms with Crippen LogP contribution in [0.3, 0.4) is 0 Å². The maximum absolute atomic E-state index is 13.4. The first-order valence-electron chi connectivity index (χ1n) is 11.2. The smallest absolute Gasteiger partial charge is 0.289 e. The van der Waals surface area contributed by atoms with Gasteiger partial charge in [-0.3, -0.25) is 14.4 Å². The topological polar surface area (TPSA) is 82.9 Å². The fourth-order valence-electron chi connectivity index (χ4n) is 4.55. The zero-order valence-electron chi connectivity index (χ0n) is 18.0. The first-order chi connectivity index (χ1) is 15.5. The third-order valence-corrected chi connectivity index (χ3v) is 6.70. The Morgan fingerprint density at radius 2 is 1.66 bits per heavy atom. The molecular weight excluding hydrogens is 430 g/mol. The highest BCUT2D eigenvalue weighted by Crippen LogP contribution is 2.25. The number of carbonyl (C=O) groups excluding carboxylic acids is 3. The molecule has 0 radical (unpaired) electrons. The Hall–Kier alpha value is -2.80. The maximum atomic E-state index is 13.4. The predicted molar refractivity (Wildman–Crippen MR) is 120 cm³/mol. The zero-order chi connectivity index (χ0) is 22.5. The van der Waals surface area contributed by atoms with Crippen LogP contribution in [0.2, 0.25) is 5.02 Å². The van der Waals surface area contributed by atoms with Gasteiger partial charge >= 0.3 is 0 Å². The van der Waals surface area contributed by atoms with Gasteiger partial charge in [-0.15, -0.1) is 0 Å². The molecule has 1 N–H and O–H groups in total. The molecule has 170 valence electrons. The van der Waals surface area contributed by atoms with E-state index in [-0.39, 0.29) is 23.6 Å². The molecule has 3 amide bonds. The van der Waals surface area contributed by atoms with Crippen molar-refractivity contribution in [2.24, 2.45) is 5.92 Å². The minimum absolute atomic E-state index is 0.0408. The molecule has 8 heteroatoms. The average Bonchev–Trinajstić information content (AvgIpc) is 3.37. The van der Waals surface area contributed by atoms with Crippen molar-refractivity contribution in [3.05, 3.63) is 59.0 Å². The van der Waals surface area contributed by atoms with E-state index >= 15 is 0 Å². The fourth-order valence-corrected chi connectivity index (χ4v) is 4.77. The minimum atomic E-state index is -0.641. The molecule has 2 fully saturated rings. The number of rotatable bonds is 5. The molecule has 2 aliphatic rings. The van der Waals surface area contributed by atoms with Gasteiger partial charge in [0.15, 0.2) is 5.76 Å². The number of nitrogens with one attached hydrogen (secondary N) is 1. The Bertz CT molecular complexity index is 948. The van der Waals surface area contributed by atoms with Crippen molar-refractivity contribution in [2.75, 3.05) is 26.2 Å². The van der Waals surface area contributed by atoms with Crippen LogP contribution in [0.25, 0.3) is 0 Å². The standard InChI is InChI=1S/C24H28ClN3O4/c25-19-8-3-2-7-18(19)22(29)26-21(24(31)27-12-4-1-5-13-27)17-10-14-28(15-11-17)23(30)20-9-6-16-32-20/h2-3,6-9,16-17,21H,1,4-5,10-15H2,(H,26,29)/t21-/m0/s1. The van der Waals surface area contributed by atoms with E-state index in [1.165, 1.54) is 6.26 Å². The van der Waals surface area contributed by atoms with Gasteiger partial charge in [-0.1, -0.05) is 23.7 Å². The van der Waals surface area contributed by atoms with Gasteiger partial charge in [-0.2, -0.15) is 0 Å². The van der Waals surface area contributed by atoms with E-state index < -0.39 is 6.04 Å². The lowest BCUT2D eigenvalue weighted by Crippen LogP contribution is -2.55. The van der Waals surface area contributed by atoms with E-state index in [9.17, 15) is 14.4 Å². The highest BCUT2D eigenvalue weighted by molar-refractivity contribution is 6.33. The van der Waals surface area contributed by atoms with Gasteiger partial charge in [-0.05, 0) is 62.3 Å². The van der Waals surface area contributed by atoms with E-state index in [2.05, 4.69) is 5.32 Å². The number of piperidine rings is 2. The largest absolute Gasteiger partial charge is 0.459 e. The number of hydrogen-bond acceptors (Lipinski definition) is 4. The van der Waals surface area contributed by atoms with Crippen LogP contribution < -0.4 is 5.32 Å². The summed E-state index contributed by atoms with van der Waals surface area (Å²) in [5.41, 5.74) is 0.357. The van der Waals surface area contributed by atoms with Crippen molar-refractivity contribution >= 4 is 29.3 Å². The van der Waals surface area contributed by atoms with Crippen LogP contribution in [0.1, 0.15) is 53.0 Å². The number of hydrogen-bond donors (Lipinski definition) is 1. The number of benzene rings is 1. The lowest BCUT2D eigenvalue weighted by atomic mass is 9.87. The molecule has 2 aliphatic heterocycles. The highest BCUT2D eigenvalue weighted by Gasteiger charge is 2.37. The summed E-state index contributed by atoms with van der Waals surface area (Å²) >= 11 is 6.21. The Balaban J connectivity index is 1.47. The van der Waals surface area contributed by atoms with Crippen molar-refractivity contribution in [1.29, 1.82) is 0 Å². The zero-order valence-corrected chi connectivity index (χ0v) is 18.7. The second-order valence-electron chi connectivity index (χ2n) is 8.42. The van der Waals surface area contributed by atoms with Crippen molar-refractivity contribution in [2.45, 2.75) is 38.1 Å². The molecule has 2 saturated heterocycles. The molecule has 0 unspecified atom stereocenters. The molecule has 4 rings (SSSR count). The van der Waals surface area contributed by atoms with Gasteiger partial charge in [0, 0.05) is 26.2 Å². The third kappa shape index (κ3) is 4.99. The molecule has 2 aromatic rings. The van der Waals surface area contributed by atoms with Crippen molar-refractivity contribution in [1.82, 2.24) is 15.1 Å². The number of carbonyl (C=O) groups is 3. The van der Waals surface area contributed by atoms with E-state index in [1.54, 1.807) is 41.3 Å². The highest BCUT2D eigenvalue weighted by atomic mass is 35.5. The first kappa shape index (κ1) is 22.4. The van der Waals surface area contributed by atoms with E-state index in [0.717, 1.165) is 19.3 Å². The summed E-state index contributed by atoms with van der Waals surface area (Å²) < 4.78 is 5.23. The summed E-state index contributed by atoms with van der Waals surface area (Å²) in [6.07, 6.45) is 5.81. The van der Waals surface area contributed by atoms with Gasteiger partial charge in [0.1, 0.15) is 6.04 Å². The molecule has 0 spiro atoms. The Kier molecular flexibility index (Phi) is 7.15. The molecule has 32 heavy (non-hydrogen) atoms. The van der Waals surface area contributed by atoms with Crippen molar-refractivity contribution < 1.29 is 18.8 Å². The van der Waals surface area contributed by atoms with E-state index in [4.69, 9.17) is 16.0 Å². The van der Waals surface area contributed by atoms with Crippen LogP contribution in [0.5, 0.6) is 0 Å². The van der Waals surface area contributed by atoms with Crippen molar-refractivity contribution in [3.8, 4) is 0 Å². The summed E-state index contributed by atoms with van der Waals surface area (Å²) in [4.78, 5) is 42.6. The molecule has 1 aromatic carbocycles. The number of nitrogens with zero attached hydrogens (tertiary/aromatic N) is 2. The molecule has 0 aliphatic carbocycles. The summed E-state index contributed by atoms with van der Waals surface area (Å²) in [5.74, 6) is -0.277. The van der Waals surface area contributed by atoms with Crippen LogP contribution in [-0.2, 0) is 4.79 Å². The molecule has 0 bridgehead atoms. The lowest BCUT2D eigenvalue weighted by molar-refractivity contribution is -0.136. The van der Waals surface area contributed by atoms with E-state index in [0.29, 0.717) is 55.4 Å². The van der Waals surface area contributed by atoms with Crippen molar-refractivity contribution in [3.63, 3.8) is 0 Å². The second kappa shape index (κ2) is 10.2. The SMILES string of the molecule is O=C(N[C@H](C(=O)N1CCCCC1)C1CCN(C(=O)c2ccco2)CC1)c1ccccc1Cl. The average molecular weight is 458 g/mol. The Labute approximate surface area is 192 Å². The quantitative estimate of drug-likeness (QED) is 0.743. The second-order valence-corrected chi connectivity index (χ2v) is 8.83. The third-order valence-electron chi connectivity index (χ3n) is 6.37. The Morgan fingerprint density at radius 3 is 2.31 bits per heavy atom. The van der Waals surface area contributed by atoms with Crippen LogP contribution in [0.4, 0.5) is 0 Å². The summed E-state index contributed by atoms with van der Waals surface area (Å²) in [7, 11) is 0. The molecule has 0 saturated carbocycles. The van der Waals surface area contributed by atoms with Gasteiger partial charge in [0.25, 0.3) is 11.8 Å². The monoisotopic (exact) mass is 457 g/mol. The summed E-state index contributed by atoms with van der Waals surface area (Å²) in [5, 5.41) is 3.33. The van der Waals surface area contributed by atoms with Gasteiger partial charge in [0.2, 0.25) is 5.91 Å². The lowest BCUT2D eigenvalue weighted by Gasteiger charge is -2.38. The molecule has 3 heterocycles. The van der Waals surface area contributed by atoms with Gasteiger partial charge in [-0.25, -0.2) is 0 Å². The fraction of sp³-hybridized carbons (Fsp3) is 0.458. The first-order valence-corrected chi connectivity index (χ1v) is 11.6. The number of furan rings is 1. The predicted octanol–water partition coefficient (Wildman–Crippen LogP) is 3.60. The normalized spacial score (nSPS) is 18.3. The number of likely N-dealkylation sites (tertiary alicyclic amines) is 2. The minimum Gasteiger partial charge on any atom is -0.459 e. The Morgan fingerprint density at radius 1 is 0.938 bits per heavy atom. The van der Waals surface area contributed by atoms with Crippen LogP contribution >= 0.6 is 11.6 Å². The van der Waals surface area contributed by atoms with Crippen LogP contribution in [0, 0.1) is 5.92 Å². The van der Waals surface area contributed by atoms with Gasteiger partial charge < -0.3 is 19.5 Å². The maximum Gasteiger partial charge on any atom is 0.289 e. The van der Waals surface area contributed by atoms with Crippen LogP contribution in [0.15, 0.2) is 47.1 Å². The molecule has 1 atom stereocenters. The van der Waals surface area contributed by atoms with Crippen LogP contribution in [-0.4, -0.2) is 59.7 Å². The molecule has 1 aromatic heterocycles. The summed E-state index contributed by atoms with van der Waals surface area (Å²) in [6.45, 7) is 2.45. The van der Waals surface area contributed by atoms with E-state index in [1.807, 2.05) is 4.90 Å². The molecule has 7 nitrogen and oxygen atoms in total. The number of amides is 3.